The number of hydrogen-bond donors (Lipinski definition) is 0. The minimum atomic E-state index is -0.950. The van der Waals surface area contributed by atoms with Gasteiger partial charge in [0.15, 0.2) is 6.04 Å². The number of benzene rings is 1. The van der Waals surface area contributed by atoms with Crippen molar-refractivity contribution in [3.05, 3.63) is 42.0 Å². The molecule has 1 saturated heterocycles. The van der Waals surface area contributed by atoms with Crippen molar-refractivity contribution in [2.75, 3.05) is 6.54 Å². The van der Waals surface area contributed by atoms with Crippen LogP contribution >= 0.6 is 11.8 Å². The number of likely N-dealkylation sites (tertiary alicyclic amines) is 1. The normalized spacial score (nSPS) is 18.4. The highest BCUT2D eigenvalue weighted by atomic mass is 32.2. The fourth-order valence-corrected chi connectivity index (χ4v) is 3.23. The molecule has 1 aromatic carbocycles. The Kier molecular flexibility index (Phi) is 6.59. The molecule has 0 spiro atoms. The lowest BCUT2D eigenvalue weighted by molar-refractivity contribution is -0.162. The molecule has 1 aliphatic rings. The van der Waals surface area contributed by atoms with Gasteiger partial charge in [-0.1, -0.05) is 18.2 Å². The second kappa shape index (κ2) is 8.39. The smallest absolute Gasteiger partial charge is 0.411 e. The van der Waals surface area contributed by atoms with Gasteiger partial charge in [-0.2, -0.15) is 0 Å². The minimum Gasteiger partial charge on any atom is -0.458 e. The summed E-state index contributed by atoms with van der Waals surface area (Å²) >= 11 is 1.07. The molecule has 7 heteroatoms. The second-order valence-electron chi connectivity index (χ2n) is 8.50. The maximum absolute atomic E-state index is 12.6. The quantitative estimate of drug-likeness (QED) is 0.426. The SMILES string of the molecule is CC(C)(C)OC(=O)C1/C(=C\C(=O)Sc2ccccc2)CN1C(=O)OC(C)(C)C. The van der Waals surface area contributed by atoms with Crippen LogP contribution in [-0.4, -0.2) is 45.9 Å². The number of thioether (sulfide) groups is 1. The molecule has 1 aliphatic heterocycles. The molecule has 1 atom stereocenters. The summed E-state index contributed by atoms with van der Waals surface area (Å²) in [5.41, 5.74) is -0.859. The summed E-state index contributed by atoms with van der Waals surface area (Å²) in [6, 6.07) is 8.28. The van der Waals surface area contributed by atoms with Crippen LogP contribution in [-0.2, 0) is 19.1 Å². The molecule has 0 saturated carbocycles. The van der Waals surface area contributed by atoms with Crippen molar-refractivity contribution in [3.8, 4) is 0 Å². The van der Waals surface area contributed by atoms with Crippen molar-refractivity contribution >= 4 is 28.9 Å². The van der Waals surface area contributed by atoms with E-state index in [4.69, 9.17) is 9.47 Å². The van der Waals surface area contributed by atoms with Gasteiger partial charge in [0.05, 0.1) is 0 Å². The second-order valence-corrected chi connectivity index (χ2v) is 9.58. The highest BCUT2D eigenvalue weighted by molar-refractivity contribution is 8.14. The van der Waals surface area contributed by atoms with Crippen molar-refractivity contribution in [3.63, 3.8) is 0 Å². The molecule has 2 rings (SSSR count). The summed E-state index contributed by atoms with van der Waals surface area (Å²) in [6.07, 6.45) is 0.802. The Morgan fingerprint density at radius 1 is 1.00 bits per heavy atom. The zero-order valence-electron chi connectivity index (χ0n) is 17.1. The molecule has 28 heavy (non-hydrogen) atoms. The summed E-state index contributed by atoms with van der Waals surface area (Å²) in [5.74, 6) is -0.576. The third-order valence-corrected chi connectivity index (χ3v) is 4.37. The number of esters is 1. The average Bonchev–Trinajstić information content (AvgIpc) is 2.48. The van der Waals surface area contributed by atoms with Gasteiger partial charge in [0.2, 0.25) is 5.12 Å². The van der Waals surface area contributed by atoms with Gasteiger partial charge in [0, 0.05) is 11.4 Å². The molecule has 6 nitrogen and oxygen atoms in total. The van der Waals surface area contributed by atoms with Crippen molar-refractivity contribution in [1.82, 2.24) is 4.90 Å². The van der Waals surface area contributed by atoms with Crippen LogP contribution in [0.5, 0.6) is 0 Å². The highest BCUT2D eigenvalue weighted by Gasteiger charge is 2.46. The first-order valence-corrected chi connectivity index (χ1v) is 9.87. The molecule has 1 unspecified atom stereocenters. The molecular weight excluding hydrogens is 378 g/mol. The molecule has 152 valence electrons. The molecule has 1 aromatic rings. The van der Waals surface area contributed by atoms with Crippen molar-refractivity contribution in [2.24, 2.45) is 0 Å². The van der Waals surface area contributed by atoms with Gasteiger partial charge in [0.25, 0.3) is 0 Å². The van der Waals surface area contributed by atoms with E-state index in [0.717, 1.165) is 16.7 Å². The van der Waals surface area contributed by atoms with E-state index in [1.807, 2.05) is 30.3 Å². The summed E-state index contributed by atoms with van der Waals surface area (Å²) < 4.78 is 10.8. The average molecular weight is 406 g/mol. The van der Waals surface area contributed by atoms with Crippen LogP contribution in [0.15, 0.2) is 46.9 Å². The standard InChI is InChI=1S/C21H27NO5S/c1-20(2,3)26-18(24)17-14(13-22(17)19(25)27-21(4,5)6)12-16(23)28-15-10-8-7-9-11-15/h7-12,17H,13H2,1-6H3/b14-12-. The summed E-state index contributed by atoms with van der Waals surface area (Å²) in [6.45, 7) is 10.7. The first-order valence-electron chi connectivity index (χ1n) is 9.05. The molecule has 0 bridgehead atoms. The first-order chi connectivity index (χ1) is 12.9. The molecule has 1 amide bonds. The number of carbonyl (C=O) groups excluding carboxylic acids is 3. The molecule has 0 radical (unpaired) electrons. The van der Waals surface area contributed by atoms with Gasteiger partial charge >= 0.3 is 12.1 Å². The van der Waals surface area contributed by atoms with E-state index in [2.05, 4.69) is 0 Å². The largest absolute Gasteiger partial charge is 0.458 e. The number of ether oxygens (including phenoxy) is 2. The molecule has 0 aliphatic carbocycles. The predicted octanol–water partition coefficient (Wildman–Crippen LogP) is 4.19. The summed E-state index contributed by atoms with van der Waals surface area (Å²) in [4.78, 5) is 39.5. The van der Waals surface area contributed by atoms with E-state index in [0.29, 0.717) is 5.57 Å². The van der Waals surface area contributed by atoms with Crippen LogP contribution in [0.2, 0.25) is 0 Å². The van der Waals surface area contributed by atoms with Crippen LogP contribution in [0, 0.1) is 0 Å². The fraction of sp³-hybridized carbons (Fsp3) is 0.476. The molecular formula is C21H27NO5S. The Labute approximate surface area is 170 Å². The van der Waals surface area contributed by atoms with Crippen LogP contribution in [0.4, 0.5) is 4.79 Å². The van der Waals surface area contributed by atoms with Crippen molar-refractivity contribution < 1.29 is 23.9 Å². The number of hydrogen-bond acceptors (Lipinski definition) is 6. The highest BCUT2D eigenvalue weighted by Crippen LogP contribution is 2.30. The van der Waals surface area contributed by atoms with Gasteiger partial charge in [-0.25, -0.2) is 9.59 Å². The zero-order valence-corrected chi connectivity index (χ0v) is 18.0. The fourth-order valence-electron chi connectivity index (χ4n) is 2.50. The van der Waals surface area contributed by atoms with Crippen LogP contribution in [0.1, 0.15) is 41.5 Å². The third kappa shape index (κ3) is 6.41. The van der Waals surface area contributed by atoms with E-state index in [1.54, 1.807) is 41.5 Å². The third-order valence-electron chi connectivity index (χ3n) is 3.54. The van der Waals surface area contributed by atoms with E-state index in [9.17, 15) is 14.4 Å². The molecule has 0 N–H and O–H groups in total. The molecule has 0 aromatic heterocycles. The molecule has 1 heterocycles. The summed E-state index contributed by atoms with van der Waals surface area (Å²) in [5, 5.41) is -0.210. The Hall–Kier alpha value is -2.28. The van der Waals surface area contributed by atoms with Crippen LogP contribution in [0.3, 0.4) is 0 Å². The van der Waals surface area contributed by atoms with Gasteiger partial charge in [-0.3, -0.25) is 9.69 Å². The lowest BCUT2D eigenvalue weighted by Gasteiger charge is -2.42. The maximum Gasteiger partial charge on any atom is 0.411 e. The maximum atomic E-state index is 12.6. The number of nitrogens with zero attached hydrogens (tertiary/aromatic N) is 1. The van der Waals surface area contributed by atoms with E-state index >= 15 is 0 Å². The van der Waals surface area contributed by atoms with Gasteiger partial charge < -0.3 is 9.47 Å². The summed E-state index contributed by atoms with van der Waals surface area (Å²) in [7, 11) is 0. The minimum absolute atomic E-state index is 0.153. The van der Waals surface area contributed by atoms with Crippen molar-refractivity contribution in [2.45, 2.75) is 63.7 Å². The first kappa shape index (κ1) is 22.0. The van der Waals surface area contributed by atoms with E-state index < -0.39 is 29.3 Å². The lowest BCUT2D eigenvalue weighted by atomic mass is 9.95. The Balaban J connectivity index is 2.17. The Morgan fingerprint density at radius 2 is 1.57 bits per heavy atom. The van der Waals surface area contributed by atoms with E-state index in [1.165, 1.54) is 11.0 Å². The lowest BCUT2D eigenvalue weighted by Crippen LogP contribution is -2.59. The topological polar surface area (TPSA) is 72.9 Å². The number of carbonyl (C=O) groups is 3. The van der Waals surface area contributed by atoms with Gasteiger partial charge in [-0.15, -0.1) is 0 Å². The zero-order chi connectivity index (χ0) is 21.1. The Bertz CT molecular complexity index is 774. The monoisotopic (exact) mass is 405 g/mol. The van der Waals surface area contributed by atoms with E-state index in [-0.39, 0.29) is 11.7 Å². The van der Waals surface area contributed by atoms with Crippen molar-refractivity contribution in [1.29, 1.82) is 0 Å². The van der Waals surface area contributed by atoms with Gasteiger partial charge in [0.1, 0.15) is 11.2 Å². The van der Waals surface area contributed by atoms with Crippen LogP contribution in [0.25, 0.3) is 0 Å². The predicted molar refractivity (Wildman–Crippen MR) is 108 cm³/mol. The number of amides is 1. The van der Waals surface area contributed by atoms with Crippen LogP contribution < -0.4 is 0 Å². The van der Waals surface area contributed by atoms with Gasteiger partial charge in [-0.05, 0) is 77.1 Å². The molecule has 1 fully saturated rings. The Morgan fingerprint density at radius 3 is 2.11 bits per heavy atom. The number of rotatable bonds is 3.